The summed E-state index contributed by atoms with van der Waals surface area (Å²) in [7, 11) is 5.85. The third-order valence-electron chi connectivity index (χ3n) is 1.32. The first kappa shape index (κ1) is 14.6. The van der Waals surface area contributed by atoms with Crippen molar-refractivity contribution in [2.45, 2.75) is 11.8 Å². The molecule has 0 aliphatic carbocycles. The molecular weight excluding hydrogens is 326 g/mol. The Morgan fingerprint density at radius 2 is 1.57 bits per heavy atom. The van der Waals surface area contributed by atoms with Crippen molar-refractivity contribution in [1.82, 2.24) is 0 Å². The first-order chi connectivity index (χ1) is 6.41. The van der Waals surface area contributed by atoms with Crippen molar-refractivity contribution in [2.24, 2.45) is 0 Å². The molecule has 0 heterocycles. The summed E-state index contributed by atoms with van der Waals surface area (Å²) < 4.78 is 29.6. The molecule has 1 aromatic rings. The molecule has 0 aromatic heterocycles. The SMILES string of the molecule is Cc1ccc(S(=O)(=O)O)cc1.[Cl][Zr][Cl]. The molecule has 0 aliphatic rings. The molecule has 0 fully saturated rings. The number of hydrogen-bond acceptors (Lipinski definition) is 2. The van der Waals surface area contributed by atoms with Crippen LogP contribution in [0.5, 0.6) is 0 Å². The van der Waals surface area contributed by atoms with E-state index in [1.807, 2.05) is 6.92 Å². The van der Waals surface area contributed by atoms with Crippen molar-refractivity contribution >= 4 is 27.1 Å². The maximum atomic E-state index is 10.5. The fraction of sp³-hybridized carbons (Fsp3) is 0.143. The predicted molar refractivity (Wildman–Crippen MR) is 52.7 cm³/mol. The van der Waals surface area contributed by atoms with Crippen LogP contribution in [-0.4, -0.2) is 13.0 Å². The molecule has 0 bridgehead atoms. The summed E-state index contributed by atoms with van der Waals surface area (Å²) in [6, 6.07) is 5.99. The Bertz CT molecular complexity index is 363. The molecule has 7 heteroatoms. The summed E-state index contributed by atoms with van der Waals surface area (Å²) in [5, 5.41) is 0. The standard InChI is InChI=1S/C7H8O3S.2ClH.Zr/c1-6-2-4-7(5-3-6)11(8,9)10;;;/h2-5H,1H3,(H,8,9,10);2*1H;/q;;;+2/p-2. The Morgan fingerprint density at radius 1 is 1.21 bits per heavy atom. The van der Waals surface area contributed by atoms with Gasteiger partial charge in [0.1, 0.15) is 0 Å². The van der Waals surface area contributed by atoms with Crippen LogP contribution in [0.3, 0.4) is 0 Å². The minimum atomic E-state index is -4.02. The van der Waals surface area contributed by atoms with Gasteiger partial charge in [0, 0.05) is 0 Å². The van der Waals surface area contributed by atoms with Crippen molar-refractivity contribution in [1.29, 1.82) is 0 Å². The van der Waals surface area contributed by atoms with Gasteiger partial charge in [0.2, 0.25) is 0 Å². The topological polar surface area (TPSA) is 54.4 Å². The third kappa shape index (κ3) is 6.15. The van der Waals surface area contributed by atoms with E-state index >= 15 is 0 Å². The number of rotatable bonds is 1. The number of aryl methyl sites for hydroxylation is 1. The Morgan fingerprint density at radius 3 is 1.86 bits per heavy atom. The van der Waals surface area contributed by atoms with Crippen LogP contribution in [-0.2, 0) is 31.0 Å². The third-order valence-corrected chi connectivity index (χ3v) is 2.19. The Kier molecular flexibility index (Phi) is 7.26. The molecule has 1 N–H and O–H groups in total. The van der Waals surface area contributed by atoms with Crippen LogP contribution in [0.25, 0.3) is 0 Å². The van der Waals surface area contributed by atoms with Crippen molar-refractivity contribution in [2.75, 3.05) is 0 Å². The summed E-state index contributed by atoms with van der Waals surface area (Å²) in [5.41, 5.74) is 0.956. The molecule has 78 valence electrons. The monoisotopic (exact) mass is 332 g/mol. The van der Waals surface area contributed by atoms with Gasteiger partial charge in [-0.3, -0.25) is 4.55 Å². The molecule has 1 aromatic carbocycles. The quantitative estimate of drug-likeness (QED) is 0.803. The van der Waals surface area contributed by atoms with Crippen LogP contribution in [0, 0.1) is 6.92 Å². The van der Waals surface area contributed by atoms with Gasteiger partial charge in [-0.1, -0.05) is 17.7 Å². The van der Waals surface area contributed by atoms with Crippen molar-refractivity contribution in [3.05, 3.63) is 29.8 Å². The first-order valence-electron chi connectivity index (χ1n) is 3.42. The molecule has 0 amide bonds. The van der Waals surface area contributed by atoms with E-state index in [1.165, 1.54) is 12.1 Å². The summed E-state index contributed by atoms with van der Waals surface area (Å²) >= 11 is -0.826. The van der Waals surface area contributed by atoms with E-state index in [0.29, 0.717) is 0 Å². The van der Waals surface area contributed by atoms with E-state index in [1.54, 1.807) is 12.1 Å². The second-order valence-electron chi connectivity index (χ2n) is 2.36. The zero-order valence-electron chi connectivity index (χ0n) is 7.24. The average Bonchev–Trinajstić information content (AvgIpc) is 2.04. The second kappa shape index (κ2) is 6.96. The molecule has 0 saturated heterocycles. The normalized spacial score (nSPS) is 10.0. The molecule has 14 heavy (non-hydrogen) atoms. The molecular formula is C7H8Cl2O3SZr. The van der Waals surface area contributed by atoms with E-state index in [2.05, 4.69) is 0 Å². The van der Waals surface area contributed by atoms with E-state index in [9.17, 15) is 8.42 Å². The van der Waals surface area contributed by atoms with Crippen LogP contribution in [0.2, 0.25) is 0 Å². The van der Waals surface area contributed by atoms with E-state index in [4.69, 9.17) is 21.6 Å². The van der Waals surface area contributed by atoms with E-state index in [0.717, 1.165) is 5.56 Å². The van der Waals surface area contributed by atoms with Gasteiger partial charge in [0.15, 0.2) is 0 Å². The maximum absolute atomic E-state index is 10.5. The van der Waals surface area contributed by atoms with Gasteiger partial charge < -0.3 is 0 Å². The summed E-state index contributed by atoms with van der Waals surface area (Å²) in [6.45, 7) is 1.84. The molecule has 0 radical (unpaired) electrons. The van der Waals surface area contributed by atoms with Gasteiger partial charge >= 0.3 is 37.9 Å². The molecule has 0 saturated carbocycles. The fourth-order valence-electron chi connectivity index (χ4n) is 0.710. The van der Waals surface area contributed by atoms with Crippen LogP contribution >= 0.6 is 17.0 Å². The van der Waals surface area contributed by atoms with Crippen LogP contribution in [0.1, 0.15) is 5.56 Å². The van der Waals surface area contributed by atoms with Crippen molar-refractivity contribution in [3.8, 4) is 0 Å². The Balaban J connectivity index is 0.000000500. The Labute approximate surface area is 102 Å². The zero-order chi connectivity index (χ0) is 11.2. The number of hydrogen-bond donors (Lipinski definition) is 1. The summed E-state index contributed by atoms with van der Waals surface area (Å²) in [6.07, 6.45) is 0. The van der Waals surface area contributed by atoms with Crippen molar-refractivity contribution in [3.63, 3.8) is 0 Å². The minimum absolute atomic E-state index is 0.0666. The fourth-order valence-corrected chi connectivity index (χ4v) is 1.19. The molecule has 0 spiro atoms. The van der Waals surface area contributed by atoms with Crippen LogP contribution < -0.4 is 0 Å². The van der Waals surface area contributed by atoms with E-state index < -0.39 is 31.0 Å². The van der Waals surface area contributed by atoms with Gasteiger partial charge in [0.05, 0.1) is 4.90 Å². The van der Waals surface area contributed by atoms with Crippen LogP contribution in [0.15, 0.2) is 29.2 Å². The molecule has 0 aliphatic heterocycles. The van der Waals surface area contributed by atoms with Gasteiger partial charge in [-0.05, 0) is 19.1 Å². The molecule has 3 nitrogen and oxygen atoms in total. The molecule has 1 rings (SSSR count). The summed E-state index contributed by atoms with van der Waals surface area (Å²) in [5.74, 6) is 0. The van der Waals surface area contributed by atoms with Crippen LogP contribution in [0.4, 0.5) is 0 Å². The number of halogens is 2. The first-order valence-corrected chi connectivity index (χ1v) is 11.2. The predicted octanol–water partition coefficient (Wildman–Crippen LogP) is 2.62. The molecule has 0 unspecified atom stereocenters. The average molecular weight is 334 g/mol. The second-order valence-corrected chi connectivity index (χ2v) is 7.51. The van der Waals surface area contributed by atoms with Gasteiger partial charge in [-0.25, -0.2) is 0 Å². The number of benzene rings is 1. The molecule has 0 atom stereocenters. The van der Waals surface area contributed by atoms with Gasteiger partial charge in [-0.2, -0.15) is 8.42 Å². The Hall–Kier alpha value is 0.593. The van der Waals surface area contributed by atoms with Gasteiger partial charge in [0.25, 0.3) is 10.1 Å². The van der Waals surface area contributed by atoms with E-state index in [-0.39, 0.29) is 4.90 Å². The van der Waals surface area contributed by atoms with Crippen molar-refractivity contribution < 1.29 is 33.8 Å². The summed E-state index contributed by atoms with van der Waals surface area (Å²) in [4.78, 5) is -0.0666. The zero-order valence-corrected chi connectivity index (χ0v) is 12.0. The van der Waals surface area contributed by atoms with Gasteiger partial charge in [-0.15, -0.1) is 0 Å².